The average molecular weight is 483 g/mol. The van der Waals surface area contributed by atoms with Gasteiger partial charge in [0, 0.05) is 0 Å². The van der Waals surface area contributed by atoms with Crippen LogP contribution in [0.5, 0.6) is 17.2 Å². The zero-order chi connectivity index (χ0) is 22.2. The van der Waals surface area contributed by atoms with Gasteiger partial charge in [-0.1, -0.05) is 42.5 Å². The normalized spacial score (nSPS) is 11.8. The van der Waals surface area contributed by atoms with E-state index in [1.165, 1.54) is 6.21 Å². The summed E-state index contributed by atoms with van der Waals surface area (Å²) >= 11 is 3.27. The van der Waals surface area contributed by atoms with E-state index in [-0.39, 0.29) is 11.7 Å². The van der Waals surface area contributed by atoms with Gasteiger partial charge in [0.2, 0.25) is 0 Å². The van der Waals surface area contributed by atoms with Gasteiger partial charge in [0.15, 0.2) is 17.6 Å². The van der Waals surface area contributed by atoms with Gasteiger partial charge < -0.3 is 14.6 Å². The first-order valence-electron chi connectivity index (χ1n) is 9.78. The molecule has 0 aliphatic rings. The van der Waals surface area contributed by atoms with Gasteiger partial charge in [-0.3, -0.25) is 4.79 Å². The number of nitrogens with zero attached hydrogens (tertiary/aromatic N) is 1. The number of benzene rings is 3. The number of carbonyl (C=O) groups is 1. The van der Waals surface area contributed by atoms with Gasteiger partial charge in [-0.2, -0.15) is 5.10 Å². The number of aromatic hydroxyl groups is 1. The molecule has 0 spiro atoms. The lowest BCUT2D eigenvalue weighted by Gasteiger charge is -2.13. The molecule has 0 aliphatic carbocycles. The highest BCUT2D eigenvalue weighted by Crippen LogP contribution is 2.35. The molecule has 6 nitrogen and oxygen atoms in total. The van der Waals surface area contributed by atoms with E-state index in [0.29, 0.717) is 28.1 Å². The topological polar surface area (TPSA) is 80.2 Å². The third-order valence-electron chi connectivity index (χ3n) is 4.38. The lowest BCUT2D eigenvalue weighted by atomic mass is 10.1. The summed E-state index contributed by atoms with van der Waals surface area (Å²) in [6.45, 7) is 3.89. The molecule has 0 saturated heterocycles. The van der Waals surface area contributed by atoms with Crippen LogP contribution in [0.25, 0.3) is 11.1 Å². The first-order valence-corrected chi connectivity index (χ1v) is 10.6. The van der Waals surface area contributed by atoms with Crippen molar-refractivity contribution in [2.24, 2.45) is 5.10 Å². The molecule has 0 aliphatic heterocycles. The van der Waals surface area contributed by atoms with E-state index in [1.54, 1.807) is 19.1 Å². The summed E-state index contributed by atoms with van der Waals surface area (Å²) in [5.74, 6) is 0.560. The predicted molar refractivity (Wildman–Crippen MR) is 125 cm³/mol. The Morgan fingerprint density at radius 3 is 2.48 bits per heavy atom. The van der Waals surface area contributed by atoms with Gasteiger partial charge in [0.1, 0.15) is 5.75 Å². The molecule has 0 radical (unpaired) electrons. The Labute approximate surface area is 189 Å². The minimum Gasteiger partial charge on any atom is -0.503 e. The van der Waals surface area contributed by atoms with Gasteiger partial charge in [0.25, 0.3) is 5.91 Å². The largest absolute Gasteiger partial charge is 0.503 e. The lowest BCUT2D eigenvalue weighted by molar-refractivity contribution is -0.127. The van der Waals surface area contributed by atoms with Crippen LogP contribution in [0.15, 0.2) is 76.3 Å². The molecule has 1 atom stereocenters. The molecule has 1 amide bonds. The average Bonchev–Trinajstić information content (AvgIpc) is 2.78. The predicted octanol–water partition coefficient (Wildman–Crippen LogP) is 5.14. The number of phenols is 1. The molecule has 31 heavy (non-hydrogen) atoms. The van der Waals surface area contributed by atoms with Crippen LogP contribution in [0.1, 0.15) is 19.4 Å². The van der Waals surface area contributed by atoms with Gasteiger partial charge in [-0.25, -0.2) is 5.43 Å². The first-order chi connectivity index (χ1) is 15.0. The van der Waals surface area contributed by atoms with Crippen molar-refractivity contribution < 1.29 is 19.4 Å². The summed E-state index contributed by atoms with van der Waals surface area (Å²) in [7, 11) is 0. The fourth-order valence-corrected chi connectivity index (χ4v) is 3.27. The zero-order valence-corrected chi connectivity index (χ0v) is 18.8. The number of hydrazone groups is 1. The Morgan fingerprint density at radius 1 is 1.13 bits per heavy atom. The number of hydrogen-bond acceptors (Lipinski definition) is 5. The van der Waals surface area contributed by atoms with Crippen LogP contribution in [-0.4, -0.2) is 29.9 Å². The van der Waals surface area contributed by atoms with E-state index in [2.05, 4.69) is 26.5 Å². The van der Waals surface area contributed by atoms with Crippen LogP contribution in [0.3, 0.4) is 0 Å². The minimum atomic E-state index is -0.731. The number of phenolic OH excluding ortho intramolecular Hbond substituents is 1. The first kappa shape index (κ1) is 22.4. The summed E-state index contributed by atoms with van der Waals surface area (Å²) in [5.41, 5.74) is 5.30. The molecular weight excluding hydrogens is 460 g/mol. The number of halogens is 1. The van der Waals surface area contributed by atoms with Gasteiger partial charge in [-0.05, 0) is 70.7 Å². The van der Waals surface area contributed by atoms with Crippen molar-refractivity contribution in [1.29, 1.82) is 0 Å². The van der Waals surface area contributed by atoms with Crippen molar-refractivity contribution in [2.75, 3.05) is 6.61 Å². The summed E-state index contributed by atoms with van der Waals surface area (Å²) in [5, 5.41) is 13.9. The lowest BCUT2D eigenvalue weighted by Crippen LogP contribution is -2.33. The van der Waals surface area contributed by atoms with E-state index >= 15 is 0 Å². The van der Waals surface area contributed by atoms with Crippen molar-refractivity contribution in [3.8, 4) is 28.4 Å². The summed E-state index contributed by atoms with van der Waals surface area (Å²) < 4.78 is 11.6. The van der Waals surface area contributed by atoms with Crippen LogP contribution in [0.2, 0.25) is 0 Å². The molecule has 0 aromatic heterocycles. The molecule has 0 bridgehead atoms. The van der Waals surface area contributed by atoms with E-state index in [1.807, 2.05) is 61.5 Å². The Kier molecular flexibility index (Phi) is 7.67. The van der Waals surface area contributed by atoms with E-state index in [4.69, 9.17) is 9.47 Å². The van der Waals surface area contributed by atoms with E-state index < -0.39 is 6.10 Å². The number of hydrogen-bond donors (Lipinski definition) is 2. The van der Waals surface area contributed by atoms with Crippen LogP contribution >= 0.6 is 15.9 Å². The number of carbonyl (C=O) groups excluding carboxylic acids is 1. The fourth-order valence-electron chi connectivity index (χ4n) is 2.81. The standard InChI is InChI=1S/C24H23BrN2O4/c1-3-30-22-14-17(13-21(25)23(22)28)15-26-27-24(29)16(2)31-20-11-9-19(10-12-20)18-7-5-4-6-8-18/h4-16,28H,3H2,1-2H3,(H,27,29)/b26-15+. The van der Waals surface area contributed by atoms with Crippen molar-refractivity contribution >= 4 is 28.1 Å². The zero-order valence-electron chi connectivity index (χ0n) is 17.2. The molecule has 0 heterocycles. The molecule has 2 N–H and O–H groups in total. The van der Waals surface area contributed by atoms with Crippen molar-refractivity contribution in [3.05, 3.63) is 76.8 Å². The quantitative estimate of drug-likeness (QED) is 0.344. The third-order valence-corrected chi connectivity index (χ3v) is 4.99. The van der Waals surface area contributed by atoms with Crippen LogP contribution in [0.4, 0.5) is 0 Å². The maximum absolute atomic E-state index is 12.3. The van der Waals surface area contributed by atoms with Crippen LogP contribution in [-0.2, 0) is 4.79 Å². The van der Waals surface area contributed by atoms with Crippen molar-refractivity contribution in [3.63, 3.8) is 0 Å². The molecule has 160 valence electrons. The highest BCUT2D eigenvalue weighted by Gasteiger charge is 2.14. The highest BCUT2D eigenvalue weighted by atomic mass is 79.9. The Bertz CT molecular complexity index is 1050. The highest BCUT2D eigenvalue weighted by molar-refractivity contribution is 9.10. The number of nitrogens with one attached hydrogen (secondary N) is 1. The number of ether oxygens (including phenoxy) is 2. The van der Waals surface area contributed by atoms with Crippen LogP contribution in [0, 0.1) is 0 Å². The smallest absolute Gasteiger partial charge is 0.280 e. The molecule has 3 rings (SSSR count). The maximum atomic E-state index is 12.3. The fraction of sp³-hybridized carbons (Fsp3) is 0.167. The maximum Gasteiger partial charge on any atom is 0.280 e. The second-order valence-electron chi connectivity index (χ2n) is 6.67. The van der Waals surface area contributed by atoms with Crippen molar-refractivity contribution in [2.45, 2.75) is 20.0 Å². The second-order valence-corrected chi connectivity index (χ2v) is 7.52. The summed E-state index contributed by atoms with van der Waals surface area (Å²) in [4.78, 5) is 12.3. The number of amides is 1. The molecule has 0 fully saturated rings. The SMILES string of the molecule is CCOc1cc(/C=N/NC(=O)C(C)Oc2ccc(-c3ccccc3)cc2)cc(Br)c1O. The minimum absolute atomic E-state index is 0.0170. The van der Waals surface area contributed by atoms with Crippen LogP contribution < -0.4 is 14.9 Å². The molecular formula is C24H23BrN2O4. The Hall–Kier alpha value is -3.32. The van der Waals surface area contributed by atoms with E-state index in [9.17, 15) is 9.90 Å². The Balaban J connectivity index is 1.57. The van der Waals surface area contributed by atoms with E-state index in [0.717, 1.165) is 11.1 Å². The van der Waals surface area contributed by atoms with Gasteiger partial charge in [-0.15, -0.1) is 0 Å². The van der Waals surface area contributed by atoms with Crippen molar-refractivity contribution in [1.82, 2.24) is 5.43 Å². The second kappa shape index (κ2) is 10.6. The molecule has 1 unspecified atom stereocenters. The summed E-state index contributed by atoms with van der Waals surface area (Å²) in [6, 6.07) is 20.9. The number of rotatable bonds is 8. The summed E-state index contributed by atoms with van der Waals surface area (Å²) in [6.07, 6.45) is 0.733. The van der Waals surface area contributed by atoms with Gasteiger partial charge in [0.05, 0.1) is 17.3 Å². The molecule has 0 saturated carbocycles. The van der Waals surface area contributed by atoms with Gasteiger partial charge >= 0.3 is 0 Å². The third kappa shape index (κ3) is 6.08. The molecule has 7 heteroatoms. The molecule has 3 aromatic rings. The monoisotopic (exact) mass is 482 g/mol. The molecule has 3 aromatic carbocycles. The Morgan fingerprint density at radius 2 is 1.81 bits per heavy atom.